The third kappa shape index (κ3) is 6.69. The second kappa shape index (κ2) is 14.1. The smallest absolute Gasteiger partial charge is 0.249 e. The highest BCUT2D eigenvalue weighted by Gasteiger charge is 2.80. The molecule has 50 heavy (non-hydrogen) atoms. The molecule has 0 radical (unpaired) electrons. The SMILES string of the molecule is C=CCN(Cc1ccccc1)C(=O)[C@H]1[C@H]2C(=O)N([C@@H](CO)Cc3ccccc3)C(C(=O)N(CC=C)C(C)(C)CC(C)(C)C)C23CC(C)[C@]1(C)O3. The van der Waals surface area contributed by atoms with E-state index in [1.165, 1.54) is 0 Å². The van der Waals surface area contributed by atoms with Gasteiger partial charge in [0.1, 0.15) is 11.6 Å². The highest BCUT2D eigenvalue weighted by atomic mass is 16.5. The van der Waals surface area contributed by atoms with Gasteiger partial charge in [0, 0.05) is 25.2 Å². The van der Waals surface area contributed by atoms with Crippen molar-refractivity contribution in [3.05, 3.63) is 97.1 Å². The van der Waals surface area contributed by atoms with Crippen LogP contribution in [0.4, 0.5) is 0 Å². The normalized spacial score (nSPS) is 27.9. The van der Waals surface area contributed by atoms with Gasteiger partial charge in [0.2, 0.25) is 17.7 Å². The Morgan fingerprint density at radius 2 is 1.56 bits per heavy atom. The average molecular weight is 684 g/mol. The van der Waals surface area contributed by atoms with Crippen LogP contribution in [0.5, 0.6) is 0 Å². The first-order chi connectivity index (χ1) is 23.5. The van der Waals surface area contributed by atoms with Crippen LogP contribution < -0.4 is 0 Å². The molecule has 0 saturated carbocycles. The van der Waals surface area contributed by atoms with E-state index >= 15 is 9.59 Å². The summed E-state index contributed by atoms with van der Waals surface area (Å²) in [6, 6.07) is 17.7. The number of likely N-dealkylation sites (tertiary alicyclic amines) is 1. The van der Waals surface area contributed by atoms with E-state index in [0.29, 0.717) is 32.4 Å². The van der Waals surface area contributed by atoms with Crippen molar-refractivity contribution in [2.45, 2.75) is 103 Å². The van der Waals surface area contributed by atoms with Gasteiger partial charge >= 0.3 is 0 Å². The van der Waals surface area contributed by atoms with Gasteiger partial charge in [-0.1, -0.05) is 101 Å². The fourth-order valence-corrected chi connectivity index (χ4v) is 9.56. The van der Waals surface area contributed by atoms with Gasteiger partial charge in [-0.05, 0) is 62.5 Å². The van der Waals surface area contributed by atoms with Crippen molar-refractivity contribution in [2.24, 2.45) is 23.2 Å². The molecule has 2 aromatic carbocycles. The lowest BCUT2D eigenvalue weighted by molar-refractivity contribution is -0.160. The number of rotatable bonds is 14. The van der Waals surface area contributed by atoms with Crippen molar-refractivity contribution in [1.82, 2.24) is 14.7 Å². The number of aliphatic hydroxyl groups is 1. The molecule has 0 aromatic heterocycles. The Hall–Kier alpha value is -3.75. The van der Waals surface area contributed by atoms with E-state index in [-0.39, 0.29) is 42.2 Å². The van der Waals surface area contributed by atoms with E-state index in [9.17, 15) is 9.90 Å². The Bertz CT molecular complexity index is 1570. The quantitative estimate of drug-likeness (QED) is 0.245. The zero-order valence-corrected chi connectivity index (χ0v) is 31.1. The van der Waals surface area contributed by atoms with E-state index < -0.39 is 40.7 Å². The summed E-state index contributed by atoms with van der Waals surface area (Å²) in [5.74, 6) is -2.56. The van der Waals surface area contributed by atoms with Crippen molar-refractivity contribution in [1.29, 1.82) is 0 Å². The second-order valence-electron chi connectivity index (χ2n) is 16.8. The number of fused-ring (bicyclic) bond motifs is 1. The van der Waals surface area contributed by atoms with Gasteiger partial charge in [0.25, 0.3) is 0 Å². The van der Waals surface area contributed by atoms with E-state index in [1.54, 1.807) is 22.0 Å². The molecule has 3 heterocycles. The molecule has 3 fully saturated rings. The molecule has 8 heteroatoms. The molecular weight excluding hydrogens is 626 g/mol. The highest BCUT2D eigenvalue weighted by molar-refractivity contribution is 5.99. The number of hydrogen-bond acceptors (Lipinski definition) is 5. The molecular formula is C42H57N3O5. The predicted octanol–water partition coefficient (Wildman–Crippen LogP) is 6.04. The average Bonchev–Trinajstić information content (AvgIpc) is 3.57. The van der Waals surface area contributed by atoms with Gasteiger partial charge in [0.15, 0.2) is 0 Å². The van der Waals surface area contributed by atoms with Gasteiger partial charge < -0.3 is 24.5 Å². The minimum Gasteiger partial charge on any atom is -0.394 e. The molecule has 3 saturated heterocycles. The van der Waals surface area contributed by atoms with E-state index in [4.69, 9.17) is 4.74 Å². The number of carbonyl (C=O) groups excluding carboxylic acids is 3. The summed E-state index contributed by atoms with van der Waals surface area (Å²) in [4.78, 5) is 50.7. The Morgan fingerprint density at radius 1 is 0.980 bits per heavy atom. The number of ether oxygens (including phenoxy) is 1. The molecule has 0 aliphatic carbocycles. The van der Waals surface area contributed by atoms with Crippen LogP contribution in [0.15, 0.2) is 86.0 Å². The largest absolute Gasteiger partial charge is 0.394 e. The lowest BCUT2D eigenvalue weighted by Gasteiger charge is -2.46. The summed E-state index contributed by atoms with van der Waals surface area (Å²) < 4.78 is 7.13. The standard InChI is InChI=1S/C42H57N3O5/c1-10-22-43(26-31-20-16-13-17-21-31)36(47)33-34-37(48)45(32(27-46)24-30-18-14-12-15-19-30)35(42(34)25-29(3)41(33,9)50-42)38(49)44(23-11-2)40(7,8)28-39(4,5)6/h10-21,29,32-35,46H,1-2,22-28H2,3-9H3/t29?,32-,33-,34+,35?,41+,42?/m1/s1. The van der Waals surface area contributed by atoms with E-state index in [1.807, 2.05) is 72.5 Å². The molecule has 2 aromatic rings. The second-order valence-corrected chi connectivity index (χ2v) is 16.8. The molecule has 7 atom stereocenters. The van der Waals surface area contributed by atoms with Crippen molar-refractivity contribution >= 4 is 17.7 Å². The van der Waals surface area contributed by atoms with Gasteiger partial charge in [-0.15, -0.1) is 13.2 Å². The number of amides is 3. The van der Waals surface area contributed by atoms with E-state index in [0.717, 1.165) is 11.1 Å². The Balaban J connectivity index is 1.65. The fraction of sp³-hybridized carbons (Fsp3) is 0.548. The Morgan fingerprint density at radius 3 is 2.10 bits per heavy atom. The summed E-state index contributed by atoms with van der Waals surface area (Å²) in [5.41, 5.74) is -1.01. The summed E-state index contributed by atoms with van der Waals surface area (Å²) in [6.07, 6.45) is 4.94. The van der Waals surface area contributed by atoms with Crippen LogP contribution in [0.1, 0.15) is 72.4 Å². The maximum atomic E-state index is 15.4. The first-order valence-electron chi connectivity index (χ1n) is 18.1. The first kappa shape index (κ1) is 37.5. The molecule has 5 rings (SSSR count). The maximum absolute atomic E-state index is 15.4. The van der Waals surface area contributed by atoms with Crippen LogP contribution in [0, 0.1) is 23.2 Å². The molecule has 8 nitrogen and oxygen atoms in total. The topological polar surface area (TPSA) is 90.4 Å². The fourth-order valence-electron chi connectivity index (χ4n) is 9.56. The van der Waals surface area contributed by atoms with E-state index in [2.05, 4.69) is 54.7 Å². The first-order valence-corrected chi connectivity index (χ1v) is 18.1. The molecule has 1 N–H and O–H groups in total. The molecule has 2 bridgehead atoms. The monoisotopic (exact) mass is 683 g/mol. The Kier molecular flexibility index (Phi) is 10.6. The predicted molar refractivity (Wildman–Crippen MR) is 197 cm³/mol. The number of carbonyl (C=O) groups is 3. The van der Waals surface area contributed by atoms with Crippen molar-refractivity contribution in [3.63, 3.8) is 0 Å². The van der Waals surface area contributed by atoms with Crippen molar-refractivity contribution < 1.29 is 24.2 Å². The van der Waals surface area contributed by atoms with Gasteiger partial charge in [-0.3, -0.25) is 14.4 Å². The number of benzene rings is 2. The van der Waals surface area contributed by atoms with Crippen LogP contribution in [0.25, 0.3) is 0 Å². The molecule has 3 aliphatic rings. The zero-order valence-electron chi connectivity index (χ0n) is 31.1. The molecule has 270 valence electrons. The maximum Gasteiger partial charge on any atom is 0.249 e. The third-order valence-corrected chi connectivity index (χ3v) is 11.3. The lowest BCUT2D eigenvalue weighted by Crippen LogP contribution is -2.63. The Labute approximate surface area is 299 Å². The van der Waals surface area contributed by atoms with Crippen molar-refractivity contribution in [3.8, 4) is 0 Å². The molecule has 3 amide bonds. The summed E-state index contributed by atoms with van der Waals surface area (Å²) in [5, 5.41) is 11.0. The molecule has 3 unspecified atom stereocenters. The zero-order chi connectivity index (χ0) is 36.6. The molecule has 1 spiro atoms. The summed E-state index contributed by atoms with van der Waals surface area (Å²) in [6.45, 7) is 23.1. The van der Waals surface area contributed by atoms with Gasteiger partial charge in [-0.25, -0.2) is 0 Å². The lowest BCUT2D eigenvalue weighted by atomic mass is 9.62. The van der Waals surface area contributed by atoms with Crippen LogP contribution in [-0.4, -0.2) is 86.0 Å². The third-order valence-electron chi connectivity index (χ3n) is 11.3. The van der Waals surface area contributed by atoms with Crippen LogP contribution >= 0.6 is 0 Å². The number of aliphatic hydroxyl groups excluding tert-OH is 1. The number of hydrogen-bond donors (Lipinski definition) is 1. The van der Waals surface area contributed by atoms with Gasteiger partial charge in [-0.2, -0.15) is 0 Å². The van der Waals surface area contributed by atoms with Crippen LogP contribution in [-0.2, 0) is 32.1 Å². The highest BCUT2D eigenvalue weighted by Crippen LogP contribution is 2.66. The minimum atomic E-state index is -1.25. The molecule has 3 aliphatic heterocycles. The van der Waals surface area contributed by atoms with Crippen molar-refractivity contribution in [2.75, 3.05) is 19.7 Å². The number of nitrogens with zero attached hydrogens (tertiary/aromatic N) is 3. The summed E-state index contributed by atoms with van der Waals surface area (Å²) in [7, 11) is 0. The minimum absolute atomic E-state index is 0.0919. The van der Waals surface area contributed by atoms with Crippen LogP contribution in [0.2, 0.25) is 0 Å². The van der Waals surface area contributed by atoms with Crippen LogP contribution in [0.3, 0.4) is 0 Å². The van der Waals surface area contributed by atoms with Gasteiger partial charge in [0.05, 0.1) is 30.1 Å². The summed E-state index contributed by atoms with van der Waals surface area (Å²) >= 11 is 0.